The van der Waals surface area contributed by atoms with Crippen LogP contribution in [0.3, 0.4) is 0 Å². The van der Waals surface area contributed by atoms with Crippen LogP contribution in [0, 0.1) is 12.8 Å². The number of carbonyl (C=O) groups excluding carboxylic acids is 2. The molecule has 0 radical (unpaired) electrons. The molecular weight excluding hydrogens is 246 g/mol. The highest BCUT2D eigenvalue weighted by atomic mass is 16.5. The third kappa shape index (κ3) is 2.41. The first-order valence-electron chi connectivity index (χ1n) is 6.10. The summed E-state index contributed by atoms with van der Waals surface area (Å²) in [4.78, 5) is 25.2. The summed E-state index contributed by atoms with van der Waals surface area (Å²) >= 11 is 0. The Labute approximate surface area is 112 Å². The second kappa shape index (κ2) is 5.30. The zero-order valence-electron chi connectivity index (χ0n) is 11.3. The van der Waals surface area contributed by atoms with E-state index in [-0.39, 0.29) is 18.3 Å². The summed E-state index contributed by atoms with van der Waals surface area (Å²) in [7, 11) is 2.90. The van der Waals surface area contributed by atoms with Crippen molar-refractivity contribution in [2.45, 2.75) is 13.3 Å². The largest absolute Gasteiger partial charge is 0.495 e. The lowest BCUT2D eigenvalue weighted by Gasteiger charge is -2.21. The Morgan fingerprint density at radius 3 is 2.74 bits per heavy atom. The van der Waals surface area contributed by atoms with Crippen LogP contribution in [0.15, 0.2) is 18.2 Å². The summed E-state index contributed by atoms with van der Waals surface area (Å²) in [5.41, 5.74) is 1.68. The van der Waals surface area contributed by atoms with E-state index in [1.165, 1.54) is 7.11 Å². The zero-order chi connectivity index (χ0) is 14.0. The second-order valence-electron chi connectivity index (χ2n) is 4.55. The van der Waals surface area contributed by atoms with Gasteiger partial charge in [0.15, 0.2) is 0 Å². The fraction of sp³-hybridized carbons (Fsp3) is 0.429. The van der Waals surface area contributed by atoms with Gasteiger partial charge in [-0.05, 0) is 18.6 Å². The van der Waals surface area contributed by atoms with Gasteiger partial charge in [-0.1, -0.05) is 12.1 Å². The van der Waals surface area contributed by atoms with Crippen molar-refractivity contribution in [3.8, 4) is 5.75 Å². The molecule has 0 aliphatic carbocycles. The van der Waals surface area contributed by atoms with Gasteiger partial charge in [0, 0.05) is 13.0 Å². The molecule has 0 aromatic heterocycles. The molecule has 1 aliphatic heterocycles. The Morgan fingerprint density at radius 2 is 2.11 bits per heavy atom. The van der Waals surface area contributed by atoms with Crippen LogP contribution in [0.25, 0.3) is 0 Å². The van der Waals surface area contributed by atoms with Crippen LogP contribution < -0.4 is 9.64 Å². The number of hydrogen-bond donors (Lipinski definition) is 0. The molecule has 1 aromatic rings. The first kappa shape index (κ1) is 13.4. The standard InChI is InChI=1S/C14H17NO4/c1-9-5-4-6-11(18-2)13(9)15-8-10(7-12(15)16)14(17)19-3/h4-6,10H,7-8H2,1-3H3. The van der Waals surface area contributed by atoms with E-state index in [9.17, 15) is 9.59 Å². The molecule has 0 bridgehead atoms. The minimum atomic E-state index is -0.401. The molecule has 1 fully saturated rings. The van der Waals surface area contributed by atoms with Gasteiger partial charge in [0.2, 0.25) is 5.91 Å². The Balaban J connectivity index is 2.33. The maximum Gasteiger partial charge on any atom is 0.311 e. The van der Waals surface area contributed by atoms with Crippen LogP contribution in [-0.4, -0.2) is 32.6 Å². The number of nitrogens with zero attached hydrogens (tertiary/aromatic N) is 1. The van der Waals surface area contributed by atoms with Gasteiger partial charge < -0.3 is 14.4 Å². The summed E-state index contributed by atoms with van der Waals surface area (Å²) in [5.74, 6) is -0.188. The van der Waals surface area contributed by atoms with Gasteiger partial charge in [-0.3, -0.25) is 9.59 Å². The molecule has 1 aliphatic rings. The van der Waals surface area contributed by atoms with E-state index in [0.717, 1.165) is 11.3 Å². The smallest absolute Gasteiger partial charge is 0.311 e. The quantitative estimate of drug-likeness (QED) is 0.776. The second-order valence-corrected chi connectivity index (χ2v) is 4.55. The lowest BCUT2D eigenvalue weighted by Crippen LogP contribution is -2.27. The summed E-state index contributed by atoms with van der Waals surface area (Å²) in [5, 5.41) is 0. The van der Waals surface area contributed by atoms with Crippen molar-refractivity contribution >= 4 is 17.6 Å². The fourth-order valence-electron chi connectivity index (χ4n) is 2.39. The number of hydrogen-bond acceptors (Lipinski definition) is 4. The SMILES string of the molecule is COC(=O)C1CC(=O)N(c2c(C)cccc2OC)C1. The normalized spacial score (nSPS) is 18.6. The van der Waals surface area contributed by atoms with Crippen LogP contribution in [0.1, 0.15) is 12.0 Å². The van der Waals surface area contributed by atoms with Crippen molar-refractivity contribution in [3.63, 3.8) is 0 Å². The molecule has 0 spiro atoms. The number of anilines is 1. The summed E-state index contributed by atoms with van der Waals surface area (Å²) < 4.78 is 10.0. The van der Waals surface area contributed by atoms with E-state index in [4.69, 9.17) is 9.47 Å². The van der Waals surface area contributed by atoms with E-state index >= 15 is 0 Å². The molecule has 2 rings (SSSR count). The molecule has 5 nitrogen and oxygen atoms in total. The van der Waals surface area contributed by atoms with Crippen molar-refractivity contribution in [2.24, 2.45) is 5.92 Å². The third-order valence-corrected chi connectivity index (χ3v) is 3.35. The van der Waals surface area contributed by atoms with Crippen molar-refractivity contribution in [3.05, 3.63) is 23.8 Å². The average Bonchev–Trinajstić information content (AvgIpc) is 2.79. The maximum atomic E-state index is 12.1. The molecule has 0 N–H and O–H groups in total. The van der Waals surface area contributed by atoms with Gasteiger partial charge in [0.25, 0.3) is 0 Å². The molecule has 1 unspecified atom stereocenters. The molecule has 1 heterocycles. The van der Waals surface area contributed by atoms with Crippen LogP contribution in [-0.2, 0) is 14.3 Å². The molecule has 19 heavy (non-hydrogen) atoms. The highest BCUT2D eigenvalue weighted by Gasteiger charge is 2.37. The van der Waals surface area contributed by atoms with E-state index in [1.54, 1.807) is 18.1 Å². The Bertz CT molecular complexity index is 512. The molecular formula is C14H17NO4. The first-order chi connectivity index (χ1) is 9.08. The number of carbonyl (C=O) groups is 2. The average molecular weight is 263 g/mol. The van der Waals surface area contributed by atoms with Crippen molar-refractivity contribution in [1.82, 2.24) is 0 Å². The van der Waals surface area contributed by atoms with E-state index in [1.807, 2.05) is 19.1 Å². The summed E-state index contributed by atoms with van der Waals surface area (Å²) in [6.45, 7) is 2.25. The molecule has 1 saturated heterocycles. The first-order valence-corrected chi connectivity index (χ1v) is 6.10. The number of ether oxygens (including phenoxy) is 2. The highest BCUT2D eigenvalue weighted by Crippen LogP contribution is 2.35. The number of amides is 1. The minimum absolute atomic E-state index is 0.0806. The van der Waals surface area contributed by atoms with E-state index in [2.05, 4.69) is 0 Å². The number of para-hydroxylation sites is 1. The van der Waals surface area contributed by atoms with Crippen molar-refractivity contribution < 1.29 is 19.1 Å². The summed E-state index contributed by atoms with van der Waals surface area (Å²) in [6.07, 6.45) is 0.185. The molecule has 1 amide bonds. The van der Waals surface area contributed by atoms with Gasteiger partial charge in [-0.2, -0.15) is 0 Å². The lowest BCUT2D eigenvalue weighted by atomic mass is 10.1. The summed E-state index contributed by atoms with van der Waals surface area (Å²) in [6, 6.07) is 5.59. The zero-order valence-corrected chi connectivity index (χ0v) is 11.3. The van der Waals surface area contributed by atoms with Gasteiger partial charge in [0.1, 0.15) is 5.75 Å². The van der Waals surface area contributed by atoms with E-state index < -0.39 is 5.92 Å². The Kier molecular flexibility index (Phi) is 3.74. The molecule has 0 saturated carbocycles. The Hall–Kier alpha value is -2.04. The molecule has 102 valence electrons. The molecule has 5 heteroatoms. The predicted octanol–water partition coefficient (Wildman–Crippen LogP) is 1.53. The van der Waals surface area contributed by atoms with Crippen LogP contribution in [0.4, 0.5) is 5.69 Å². The number of benzene rings is 1. The van der Waals surface area contributed by atoms with Gasteiger partial charge in [0.05, 0.1) is 25.8 Å². The molecule has 1 atom stereocenters. The van der Waals surface area contributed by atoms with Crippen LogP contribution in [0.5, 0.6) is 5.75 Å². The minimum Gasteiger partial charge on any atom is -0.495 e. The lowest BCUT2D eigenvalue weighted by molar-refractivity contribution is -0.145. The fourth-order valence-corrected chi connectivity index (χ4v) is 2.39. The van der Waals surface area contributed by atoms with Crippen LogP contribution >= 0.6 is 0 Å². The number of methoxy groups -OCH3 is 2. The topological polar surface area (TPSA) is 55.8 Å². The number of aryl methyl sites for hydroxylation is 1. The molecule has 1 aromatic carbocycles. The van der Waals surface area contributed by atoms with Gasteiger partial charge in [-0.25, -0.2) is 0 Å². The Morgan fingerprint density at radius 1 is 1.37 bits per heavy atom. The van der Waals surface area contributed by atoms with Gasteiger partial charge in [-0.15, -0.1) is 0 Å². The van der Waals surface area contributed by atoms with Crippen LogP contribution in [0.2, 0.25) is 0 Å². The van der Waals surface area contributed by atoms with Crippen molar-refractivity contribution in [2.75, 3.05) is 25.7 Å². The van der Waals surface area contributed by atoms with E-state index in [0.29, 0.717) is 12.3 Å². The predicted molar refractivity (Wildman–Crippen MR) is 70.2 cm³/mol. The maximum absolute atomic E-state index is 12.1. The number of rotatable bonds is 3. The number of esters is 1. The highest BCUT2D eigenvalue weighted by molar-refractivity contribution is 6.01. The third-order valence-electron chi connectivity index (χ3n) is 3.35. The monoisotopic (exact) mass is 263 g/mol. The van der Waals surface area contributed by atoms with Gasteiger partial charge >= 0.3 is 5.97 Å². The van der Waals surface area contributed by atoms with Crippen molar-refractivity contribution in [1.29, 1.82) is 0 Å².